The normalized spacial score (nSPS) is 23.5. The molecule has 0 saturated carbocycles. The van der Waals surface area contributed by atoms with Gasteiger partial charge in [0.25, 0.3) is 0 Å². The molecule has 130 valence electrons. The van der Waals surface area contributed by atoms with E-state index in [-0.39, 0.29) is 18.1 Å². The van der Waals surface area contributed by atoms with E-state index in [2.05, 4.69) is 5.32 Å². The zero-order valence-electron chi connectivity index (χ0n) is 14.3. The highest BCUT2D eigenvalue weighted by Crippen LogP contribution is 2.15. The Kier molecular flexibility index (Phi) is 5.99. The molecule has 0 aliphatic carbocycles. The van der Waals surface area contributed by atoms with Crippen molar-refractivity contribution >= 4 is 12.0 Å². The molecule has 4 nitrogen and oxygen atoms in total. The topological polar surface area (TPSA) is 47.6 Å². The molecule has 0 spiro atoms. The van der Waals surface area contributed by atoms with Gasteiger partial charge in [-0.1, -0.05) is 66.7 Å². The molecule has 1 fully saturated rings. The van der Waals surface area contributed by atoms with Crippen molar-refractivity contribution in [1.29, 1.82) is 0 Å². The first-order valence-electron chi connectivity index (χ1n) is 8.54. The van der Waals surface area contributed by atoms with Gasteiger partial charge in [-0.2, -0.15) is 0 Å². The quantitative estimate of drug-likeness (QED) is 0.911. The SMILES string of the molecule is C[C@@H]1O[C@H](/C=C/c2ccccc2)OC[C@H]1NC(=O)Cc1ccccc1. The fourth-order valence-corrected chi connectivity index (χ4v) is 2.73. The number of nitrogens with one attached hydrogen (secondary N) is 1. The lowest BCUT2D eigenvalue weighted by Crippen LogP contribution is -2.51. The second-order valence-corrected chi connectivity index (χ2v) is 6.15. The number of hydrogen-bond donors (Lipinski definition) is 1. The second-order valence-electron chi connectivity index (χ2n) is 6.15. The Morgan fingerprint density at radius 2 is 1.80 bits per heavy atom. The van der Waals surface area contributed by atoms with Crippen LogP contribution in [-0.2, 0) is 20.7 Å². The highest BCUT2D eigenvalue weighted by molar-refractivity contribution is 5.78. The standard InChI is InChI=1S/C21H23NO3/c1-16-19(22-20(23)14-18-10-6-3-7-11-18)15-24-21(25-16)13-12-17-8-4-2-5-9-17/h2-13,16,19,21H,14-15H2,1H3,(H,22,23)/b13-12+/t16-,19+,21+/m0/s1. The van der Waals surface area contributed by atoms with Gasteiger partial charge in [0.05, 0.1) is 25.2 Å². The molecule has 25 heavy (non-hydrogen) atoms. The number of ether oxygens (including phenoxy) is 2. The first-order valence-corrected chi connectivity index (χ1v) is 8.54. The third kappa shape index (κ3) is 5.28. The van der Waals surface area contributed by atoms with E-state index in [1.54, 1.807) is 0 Å². The molecule has 4 heteroatoms. The van der Waals surface area contributed by atoms with Gasteiger partial charge in [-0.15, -0.1) is 0 Å². The summed E-state index contributed by atoms with van der Waals surface area (Å²) in [6, 6.07) is 19.6. The third-order valence-electron chi connectivity index (χ3n) is 4.15. The predicted molar refractivity (Wildman–Crippen MR) is 97.8 cm³/mol. The molecule has 2 aromatic carbocycles. The molecule has 3 atom stereocenters. The number of benzene rings is 2. The summed E-state index contributed by atoms with van der Waals surface area (Å²) in [5.74, 6) is -0.0199. The lowest BCUT2D eigenvalue weighted by Gasteiger charge is -2.34. The molecule has 2 aromatic rings. The largest absolute Gasteiger partial charge is 0.348 e. The molecular weight excluding hydrogens is 314 g/mol. The van der Waals surface area contributed by atoms with Crippen molar-refractivity contribution in [3.8, 4) is 0 Å². The summed E-state index contributed by atoms with van der Waals surface area (Å²) in [6.45, 7) is 2.39. The molecule has 1 aliphatic rings. The molecule has 0 radical (unpaired) electrons. The van der Waals surface area contributed by atoms with Crippen molar-refractivity contribution in [2.75, 3.05) is 6.61 Å². The maximum absolute atomic E-state index is 12.2. The minimum Gasteiger partial charge on any atom is -0.348 e. The molecule has 1 aliphatic heterocycles. The van der Waals surface area contributed by atoms with E-state index in [4.69, 9.17) is 9.47 Å². The Morgan fingerprint density at radius 1 is 1.12 bits per heavy atom. The Hall–Kier alpha value is -2.43. The molecule has 1 amide bonds. The monoisotopic (exact) mass is 337 g/mol. The van der Waals surface area contributed by atoms with Crippen LogP contribution in [-0.4, -0.2) is 30.9 Å². The van der Waals surface area contributed by atoms with Gasteiger partial charge in [0.1, 0.15) is 0 Å². The Labute approximate surface area is 148 Å². The van der Waals surface area contributed by atoms with Crippen LogP contribution in [0.1, 0.15) is 18.1 Å². The highest BCUT2D eigenvalue weighted by Gasteiger charge is 2.28. The average molecular weight is 337 g/mol. The average Bonchev–Trinajstić information content (AvgIpc) is 2.64. The molecule has 1 heterocycles. The summed E-state index contributed by atoms with van der Waals surface area (Å²) < 4.78 is 11.6. The van der Waals surface area contributed by atoms with Crippen molar-refractivity contribution < 1.29 is 14.3 Å². The minimum absolute atomic E-state index is 0.0199. The van der Waals surface area contributed by atoms with Gasteiger partial charge in [-0.25, -0.2) is 0 Å². The summed E-state index contributed by atoms with van der Waals surface area (Å²) in [4.78, 5) is 12.2. The van der Waals surface area contributed by atoms with Crippen LogP contribution in [0.4, 0.5) is 0 Å². The fraction of sp³-hybridized carbons (Fsp3) is 0.286. The van der Waals surface area contributed by atoms with Gasteiger partial charge in [-0.05, 0) is 24.1 Å². The van der Waals surface area contributed by atoms with E-state index in [0.29, 0.717) is 13.0 Å². The summed E-state index contributed by atoms with van der Waals surface area (Å²) >= 11 is 0. The van der Waals surface area contributed by atoms with Crippen LogP contribution < -0.4 is 5.32 Å². The summed E-state index contributed by atoms with van der Waals surface area (Å²) in [5.41, 5.74) is 2.09. The van der Waals surface area contributed by atoms with Crippen molar-refractivity contribution in [1.82, 2.24) is 5.32 Å². The molecule has 0 unspecified atom stereocenters. The van der Waals surface area contributed by atoms with Gasteiger partial charge in [-0.3, -0.25) is 4.79 Å². The number of hydrogen-bond acceptors (Lipinski definition) is 3. The van der Waals surface area contributed by atoms with Gasteiger partial charge in [0.15, 0.2) is 6.29 Å². The molecule has 0 bridgehead atoms. The smallest absolute Gasteiger partial charge is 0.224 e. The summed E-state index contributed by atoms with van der Waals surface area (Å²) in [5, 5.41) is 3.00. The number of carbonyl (C=O) groups is 1. The van der Waals surface area contributed by atoms with E-state index in [1.807, 2.05) is 79.7 Å². The van der Waals surface area contributed by atoms with Crippen molar-refractivity contribution in [2.45, 2.75) is 31.8 Å². The van der Waals surface area contributed by atoms with Crippen LogP contribution in [0.5, 0.6) is 0 Å². The number of rotatable bonds is 5. The highest BCUT2D eigenvalue weighted by atomic mass is 16.7. The molecule has 0 aromatic heterocycles. The Bertz CT molecular complexity index is 700. The fourth-order valence-electron chi connectivity index (χ4n) is 2.73. The van der Waals surface area contributed by atoms with Gasteiger partial charge in [0.2, 0.25) is 5.91 Å². The molecular formula is C21H23NO3. The minimum atomic E-state index is -0.391. The molecule has 3 rings (SSSR count). The predicted octanol–water partition coefficient (Wildman–Crippen LogP) is 3.19. The van der Waals surface area contributed by atoms with Crippen LogP contribution in [0.2, 0.25) is 0 Å². The van der Waals surface area contributed by atoms with Gasteiger partial charge in [0, 0.05) is 0 Å². The lowest BCUT2D eigenvalue weighted by molar-refractivity contribution is -0.195. The third-order valence-corrected chi connectivity index (χ3v) is 4.15. The maximum atomic E-state index is 12.2. The van der Waals surface area contributed by atoms with Crippen LogP contribution in [0, 0.1) is 0 Å². The zero-order valence-corrected chi connectivity index (χ0v) is 14.3. The number of carbonyl (C=O) groups excluding carboxylic acids is 1. The van der Waals surface area contributed by atoms with E-state index in [9.17, 15) is 4.79 Å². The lowest BCUT2D eigenvalue weighted by atomic mass is 10.1. The zero-order chi connectivity index (χ0) is 17.5. The molecule has 1 saturated heterocycles. The van der Waals surface area contributed by atoms with Crippen molar-refractivity contribution in [3.63, 3.8) is 0 Å². The van der Waals surface area contributed by atoms with Crippen LogP contribution in [0.15, 0.2) is 66.7 Å². The van der Waals surface area contributed by atoms with Crippen LogP contribution in [0.25, 0.3) is 6.08 Å². The summed E-state index contributed by atoms with van der Waals surface area (Å²) in [7, 11) is 0. The van der Waals surface area contributed by atoms with E-state index < -0.39 is 6.29 Å². The second kappa shape index (κ2) is 8.60. The van der Waals surface area contributed by atoms with E-state index in [1.165, 1.54) is 0 Å². The van der Waals surface area contributed by atoms with E-state index >= 15 is 0 Å². The maximum Gasteiger partial charge on any atom is 0.224 e. The summed E-state index contributed by atoms with van der Waals surface area (Å²) in [6.07, 6.45) is 3.73. The molecule has 1 N–H and O–H groups in total. The first kappa shape index (κ1) is 17.4. The Balaban J connectivity index is 1.48. The van der Waals surface area contributed by atoms with Crippen molar-refractivity contribution in [3.05, 3.63) is 77.9 Å². The van der Waals surface area contributed by atoms with Crippen LogP contribution in [0.3, 0.4) is 0 Å². The van der Waals surface area contributed by atoms with Crippen LogP contribution >= 0.6 is 0 Å². The van der Waals surface area contributed by atoms with Gasteiger partial charge >= 0.3 is 0 Å². The van der Waals surface area contributed by atoms with E-state index in [0.717, 1.165) is 11.1 Å². The first-order chi connectivity index (χ1) is 12.2. The number of amides is 1. The Morgan fingerprint density at radius 3 is 2.48 bits per heavy atom. The van der Waals surface area contributed by atoms with Gasteiger partial charge < -0.3 is 14.8 Å². The van der Waals surface area contributed by atoms with Crippen molar-refractivity contribution in [2.24, 2.45) is 0 Å².